The molecule has 17 heavy (non-hydrogen) atoms. The number of nitrogens with zero attached hydrogens (tertiary/aromatic N) is 1. The standard InChI is InChI=1S/C11H10FN3O2/c1-14-11(17)7-3-2-4-8(12)10(7)15-9(16)5-6-13/h2-4H,5H2,1H3,(H,14,17)(H,15,16). The fourth-order valence-corrected chi connectivity index (χ4v) is 1.23. The highest BCUT2D eigenvalue weighted by Crippen LogP contribution is 2.19. The molecule has 1 aromatic carbocycles. The summed E-state index contributed by atoms with van der Waals surface area (Å²) in [6.07, 6.45) is -0.401. The lowest BCUT2D eigenvalue weighted by molar-refractivity contribution is -0.115. The van der Waals surface area contributed by atoms with E-state index < -0.39 is 24.1 Å². The molecule has 0 aliphatic rings. The zero-order valence-electron chi connectivity index (χ0n) is 9.08. The predicted octanol–water partition coefficient (Wildman–Crippen LogP) is 1.04. The van der Waals surface area contributed by atoms with E-state index in [1.807, 2.05) is 0 Å². The Kier molecular flexibility index (Phi) is 4.17. The fraction of sp³-hybridized carbons (Fsp3) is 0.182. The number of nitrogens with one attached hydrogen (secondary N) is 2. The van der Waals surface area contributed by atoms with E-state index in [-0.39, 0.29) is 11.3 Å². The van der Waals surface area contributed by atoms with Gasteiger partial charge in [-0.2, -0.15) is 5.26 Å². The predicted molar refractivity (Wildman–Crippen MR) is 58.6 cm³/mol. The van der Waals surface area contributed by atoms with Gasteiger partial charge >= 0.3 is 0 Å². The molecular weight excluding hydrogens is 225 g/mol. The first-order valence-corrected chi connectivity index (χ1v) is 4.77. The quantitative estimate of drug-likeness (QED) is 0.821. The van der Waals surface area contributed by atoms with E-state index in [1.54, 1.807) is 6.07 Å². The van der Waals surface area contributed by atoms with E-state index in [0.29, 0.717) is 0 Å². The van der Waals surface area contributed by atoms with Crippen molar-refractivity contribution < 1.29 is 14.0 Å². The molecule has 6 heteroatoms. The number of para-hydroxylation sites is 1. The van der Waals surface area contributed by atoms with Crippen LogP contribution in [0.5, 0.6) is 0 Å². The Morgan fingerprint density at radius 1 is 1.47 bits per heavy atom. The van der Waals surface area contributed by atoms with Gasteiger partial charge in [-0.1, -0.05) is 6.07 Å². The van der Waals surface area contributed by atoms with Crippen molar-refractivity contribution in [1.82, 2.24) is 5.32 Å². The molecule has 0 bridgehead atoms. The largest absolute Gasteiger partial charge is 0.355 e. The van der Waals surface area contributed by atoms with Gasteiger partial charge in [-0.05, 0) is 12.1 Å². The van der Waals surface area contributed by atoms with Crippen LogP contribution in [-0.2, 0) is 4.79 Å². The maximum atomic E-state index is 13.5. The Morgan fingerprint density at radius 2 is 2.18 bits per heavy atom. The zero-order chi connectivity index (χ0) is 12.8. The summed E-state index contributed by atoms with van der Waals surface area (Å²) in [5.74, 6) is -1.91. The van der Waals surface area contributed by atoms with Gasteiger partial charge in [0.05, 0.1) is 17.3 Å². The molecule has 5 nitrogen and oxygen atoms in total. The number of carbonyl (C=O) groups is 2. The van der Waals surface area contributed by atoms with Gasteiger partial charge in [0.15, 0.2) is 0 Å². The number of hydrogen-bond donors (Lipinski definition) is 2. The third-order valence-electron chi connectivity index (χ3n) is 1.99. The van der Waals surface area contributed by atoms with Crippen molar-refractivity contribution in [2.75, 3.05) is 12.4 Å². The highest BCUT2D eigenvalue weighted by atomic mass is 19.1. The molecule has 0 aliphatic heterocycles. The normalized spacial score (nSPS) is 9.24. The molecule has 0 heterocycles. The summed E-state index contributed by atoms with van der Waals surface area (Å²) in [4.78, 5) is 22.6. The molecule has 0 saturated carbocycles. The van der Waals surface area contributed by atoms with Gasteiger partial charge < -0.3 is 10.6 Å². The second-order valence-corrected chi connectivity index (χ2v) is 3.12. The number of nitriles is 1. The molecule has 1 aromatic rings. The first kappa shape index (κ1) is 12.6. The van der Waals surface area contributed by atoms with Crippen LogP contribution >= 0.6 is 0 Å². The van der Waals surface area contributed by atoms with Crippen molar-refractivity contribution in [3.63, 3.8) is 0 Å². The average molecular weight is 235 g/mol. The van der Waals surface area contributed by atoms with Crippen LogP contribution < -0.4 is 10.6 Å². The zero-order valence-corrected chi connectivity index (χ0v) is 9.08. The van der Waals surface area contributed by atoms with Crippen molar-refractivity contribution in [2.24, 2.45) is 0 Å². The number of benzene rings is 1. The Labute approximate surface area is 97.2 Å². The summed E-state index contributed by atoms with van der Waals surface area (Å²) in [6.45, 7) is 0. The van der Waals surface area contributed by atoms with Crippen LogP contribution in [0, 0.1) is 17.1 Å². The topological polar surface area (TPSA) is 82.0 Å². The molecule has 0 fully saturated rings. The minimum absolute atomic E-state index is 0.0128. The van der Waals surface area contributed by atoms with Gasteiger partial charge in [0.2, 0.25) is 5.91 Å². The summed E-state index contributed by atoms with van der Waals surface area (Å²) in [5.41, 5.74) is -0.203. The average Bonchev–Trinajstić information content (AvgIpc) is 2.31. The molecule has 0 radical (unpaired) electrons. The lowest BCUT2D eigenvalue weighted by Crippen LogP contribution is -2.22. The van der Waals surface area contributed by atoms with Crippen LogP contribution in [0.4, 0.5) is 10.1 Å². The maximum Gasteiger partial charge on any atom is 0.253 e. The number of halogens is 1. The van der Waals surface area contributed by atoms with Crippen LogP contribution in [0.2, 0.25) is 0 Å². The van der Waals surface area contributed by atoms with E-state index >= 15 is 0 Å². The molecular formula is C11H10FN3O2. The van der Waals surface area contributed by atoms with E-state index in [0.717, 1.165) is 6.07 Å². The SMILES string of the molecule is CNC(=O)c1cccc(F)c1NC(=O)CC#N. The van der Waals surface area contributed by atoms with E-state index in [2.05, 4.69) is 10.6 Å². The van der Waals surface area contributed by atoms with Crippen LogP contribution in [0.15, 0.2) is 18.2 Å². The summed E-state index contributed by atoms with van der Waals surface area (Å²) in [7, 11) is 1.40. The van der Waals surface area contributed by atoms with Gasteiger partial charge in [0.25, 0.3) is 5.91 Å². The maximum absolute atomic E-state index is 13.5. The van der Waals surface area contributed by atoms with E-state index in [4.69, 9.17) is 5.26 Å². The van der Waals surface area contributed by atoms with Gasteiger partial charge in [-0.3, -0.25) is 9.59 Å². The summed E-state index contributed by atoms with van der Waals surface area (Å²) >= 11 is 0. The molecule has 0 unspecified atom stereocenters. The lowest BCUT2D eigenvalue weighted by atomic mass is 10.1. The van der Waals surface area contributed by atoms with Gasteiger partial charge in [-0.15, -0.1) is 0 Å². The van der Waals surface area contributed by atoms with Crippen molar-refractivity contribution in [2.45, 2.75) is 6.42 Å². The van der Waals surface area contributed by atoms with Crippen molar-refractivity contribution in [1.29, 1.82) is 5.26 Å². The minimum Gasteiger partial charge on any atom is -0.355 e. The van der Waals surface area contributed by atoms with Crippen molar-refractivity contribution in [3.8, 4) is 6.07 Å². The second kappa shape index (κ2) is 5.61. The molecule has 2 amide bonds. The highest BCUT2D eigenvalue weighted by Gasteiger charge is 2.15. The third-order valence-corrected chi connectivity index (χ3v) is 1.99. The second-order valence-electron chi connectivity index (χ2n) is 3.12. The van der Waals surface area contributed by atoms with Crippen LogP contribution in [0.25, 0.3) is 0 Å². The molecule has 0 spiro atoms. The molecule has 2 N–H and O–H groups in total. The Hall–Kier alpha value is -2.42. The molecule has 0 saturated heterocycles. The minimum atomic E-state index is -0.725. The molecule has 0 aliphatic carbocycles. The lowest BCUT2D eigenvalue weighted by Gasteiger charge is -2.09. The van der Waals surface area contributed by atoms with E-state index in [1.165, 1.54) is 19.2 Å². The number of rotatable bonds is 3. The Bertz CT molecular complexity index is 494. The van der Waals surface area contributed by atoms with E-state index in [9.17, 15) is 14.0 Å². The van der Waals surface area contributed by atoms with Crippen LogP contribution in [0.3, 0.4) is 0 Å². The highest BCUT2D eigenvalue weighted by molar-refractivity contribution is 6.04. The summed E-state index contributed by atoms with van der Waals surface area (Å²) < 4.78 is 13.5. The fourth-order valence-electron chi connectivity index (χ4n) is 1.23. The Morgan fingerprint density at radius 3 is 2.76 bits per heavy atom. The van der Waals surface area contributed by atoms with Gasteiger partial charge in [0.1, 0.15) is 12.2 Å². The first-order chi connectivity index (χ1) is 8.10. The van der Waals surface area contributed by atoms with Crippen molar-refractivity contribution in [3.05, 3.63) is 29.6 Å². The monoisotopic (exact) mass is 235 g/mol. The Balaban J connectivity index is 3.09. The smallest absolute Gasteiger partial charge is 0.253 e. The van der Waals surface area contributed by atoms with Gasteiger partial charge in [0, 0.05) is 7.05 Å². The number of hydrogen-bond acceptors (Lipinski definition) is 3. The number of amides is 2. The number of anilines is 1. The molecule has 0 atom stereocenters. The molecule has 1 rings (SSSR count). The number of carbonyl (C=O) groups excluding carboxylic acids is 2. The summed E-state index contributed by atoms with van der Waals surface area (Å²) in [6, 6.07) is 5.49. The molecule has 0 aromatic heterocycles. The van der Waals surface area contributed by atoms with Crippen molar-refractivity contribution >= 4 is 17.5 Å². The van der Waals surface area contributed by atoms with Gasteiger partial charge in [-0.25, -0.2) is 4.39 Å². The summed E-state index contributed by atoms with van der Waals surface area (Å²) in [5, 5.41) is 12.9. The molecule has 88 valence electrons. The third kappa shape index (κ3) is 3.01. The first-order valence-electron chi connectivity index (χ1n) is 4.77. The van der Waals surface area contributed by atoms with Crippen LogP contribution in [-0.4, -0.2) is 18.9 Å². The van der Waals surface area contributed by atoms with Crippen LogP contribution in [0.1, 0.15) is 16.8 Å².